The Morgan fingerprint density at radius 3 is 2.77 bits per heavy atom. The highest BCUT2D eigenvalue weighted by Gasteiger charge is 2.16. The van der Waals surface area contributed by atoms with Gasteiger partial charge in [-0.3, -0.25) is 4.79 Å². The highest BCUT2D eigenvalue weighted by molar-refractivity contribution is 5.94. The number of benzene rings is 1. The van der Waals surface area contributed by atoms with Crippen LogP contribution in [-0.4, -0.2) is 32.1 Å². The highest BCUT2D eigenvalue weighted by atomic mass is 35.5. The van der Waals surface area contributed by atoms with Crippen LogP contribution in [0.1, 0.15) is 35.2 Å². The molecule has 0 saturated carbocycles. The molecule has 2 rings (SSSR count). The summed E-state index contributed by atoms with van der Waals surface area (Å²) < 4.78 is 4.70. The molecule has 122 valence electrons. The van der Waals surface area contributed by atoms with Gasteiger partial charge in [0.1, 0.15) is 0 Å². The molecule has 1 unspecified atom stereocenters. The van der Waals surface area contributed by atoms with Gasteiger partial charge in [-0.25, -0.2) is 4.79 Å². The van der Waals surface area contributed by atoms with Gasteiger partial charge in [0.25, 0.3) is 0 Å². The number of nitrogens with one attached hydrogen (secondary N) is 2. The molecule has 0 aromatic heterocycles. The van der Waals surface area contributed by atoms with Crippen LogP contribution in [0.25, 0.3) is 0 Å². The van der Waals surface area contributed by atoms with E-state index >= 15 is 0 Å². The lowest BCUT2D eigenvalue weighted by Gasteiger charge is -2.10. The molecule has 5 nitrogen and oxygen atoms in total. The van der Waals surface area contributed by atoms with Gasteiger partial charge < -0.3 is 15.4 Å². The number of carbonyl (C=O) groups is 2. The van der Waals surface area contributed by atoms with Gasteiger partial charge in [0.05, 0.1) is 12.7 Å². The summed E-state index contributed by atoms with van der Waals surface area (Å²) in [7, 11) is 1.36. The smallest absolute Gasteiger partial charge is 0.338 e. The van der Waals surface area contributed by atoms with Gasteiger partial charge in [-0.1, -0.05) is 0 Å². The summed E-state index contributed by atoms with van der Waals surface area (Å²) in [6.45, 7) is 3.90. The van der Waals surface area contributed by atoms with E-state index in [2.05, 4.69) is 10.6 Å². The number of hydrogen-bond donors (Lipinski definition) is 2. The maximum atomic E-state index is 11.9. The van der Waals surface area contributed by atoms with Crippen LogP contribution in [0.15, 0.2) is 18.2 Å². The van der Waals surface area contributed by atoms with E-state index in [1.807, 2.05) is 6.92 Å². The normalized spacial score (nSPS) is 16.7. The highest BCUT2D eigenvalue weighted by Crippen LogP contribution is 2.18. The van der Waals surface area contributed by atoms with Crippen molar-refractivity contribution in [2.75, 3.05) is 25.5 Å². The first-order valence-electron chi connectivity index (χ1n) is 7.29. The van der Waals surface area contributed by atoms with Crippen molar-refractivity contribution >= 4 is 30.0 Å². The van der Waals surface area contributed by atoms with E-state index in [9.17, 15) is 9.59 Å². The first kappa shape index (κ1) is 18.5. The maximum absolute atomic E-state index is 11.9. The molecule has 0 spiro atoms. The van der Waals surface area contributed by atoms with Crippen LogP contribution < -0.4 is 10.6 Å². The third-order valence-corrected chi connectivity index (χ3v) is 3.86. The predicted molar refractivity (Wildman–Crippen MR) is 88.6 cm³/mol. The van der Waals surface area contributed by atoms with Crippen LogP contribution in [0, 0.1) is 12.8 Å². The van der Waals surface area contributed by atoms with Gasteiger partial charge in [-0.15, -0.1) is 12.4 Å². The number of ether oxygens (including phenoxy) is 1. The molecule has 6 heteroatoms. The Labute approximate surface area is 137 Å². The SMILES string of the molecule is COC(=O)c1ccc(NC(=O)CCC2CCNC2)cc1C.Cl. The summed E-state index contributed by atoms with van der Waals surface area (Å²) in [4.78, 5) is 23.4. The molecule has 1 aromatic rings. The van der Waals surface area contributed by atoms with Gasteiger partial charge in [-0.2, -0.15) is 0 Å². The van der Waals surface area contributed by atoms with Crippen LogP contribution in [0.5, 0.6) is 0 Å². The van der Waals surface area contributed by atoms with E-state index in [0.29, 0.717) is 17.9 Å². The maximum Gasteiger partial charge on any atom is 0.338 e. The second-order valence-electron chi connectivity index (χ2n) is 5.47. The van der Waals surface area contributed by atoms with Gasteiger partial charge >= 0.3 is 5.97 Å². The Hall–Kier alpha value is -1.59. The van der Waals surface area contributed by atoms with E-state index in [1.165, 1.54) is 7.11 Å². The molecule has 1 fully saturated rings. The lowest BCUT2D eigenvalue weighted by molar-refractivity contribution is -0.116. The standard InChI is InChI=1S/C16H22N2O3.ClH/c1-11-9-13(4-5-14(11)16(20)21-2)18-15(19)6-3-12-7-8-17-10-12;/h4-5,9,12,17H,3,6-8,10H2,1-2H3,(H,18,19);1H. The molecular formula is C16H23ClN2O3. The zero-order valence-electron chi connectivity index (χ0n) is 13.0. The summed E-state index contributed by atoms with van der Waals surface area (Å²) in [5.74, 6) is 0.269. The third-order valence-electron chi connectivity index (χ3n) is 3.86. The van der Waals surface area contributed by atoms with E-state index in [0.717, 1.165) is 37.2 Å². The number of amides is 1. The largest absolute Gasteiger partial charge is 0.465 e. The van der Waals surface area contributed by atoms with Crippen LogP contribution in [-0.2, 0) is 9.53 Å². The van der Waals surface area contributed by atoms with Crippen molar-refractivity contribution in [3.63, 3.8) is 0 Å². The number of hydrogen-bond acceptors (Lipinski definition) is 4. The molecule has 1 heterocycles. The number of halogens is 1. The van der Waals surface area contributed by atoms with Crippen molar-refractivity contribution in [3.8, 4) is 0 Å². The molecule has 1 saturated heterocycles. The molecule has 1 atom stereocenters. The fraction of sp³-hybridized carbons (Fsp3) is 0.500. The van der Waals surface area contributed by atoms with Crippen molar-refractivity contribution in [1.29, 1.82) is 0 Å². The summed E-state index contributed by atoms with van der Waals surface area (Å²) in [5.41, 5.74) is 2.03. The fourth-order valence-corrected chi connectivity index (χ4v) is 2.60. The molecule has 22 heavy (non-hydrogen) atoms. The fourth-order valence-electron chi connectivity index (χ4n) is 2.60. The van der Waals surface area contributed by atoms with Crippen LogP contribution >= 0.6 is 12.4 Å². The van der Waals surface area contributed by atoms with Crippen LogP contribution in [0.4, 0.5) is 5.69 Å². The van der Waals surface area contributed by atoms with Gasteiger partial charge in [0.15, 0.2) is 0 Å². The van der Waals surface area contributed by atoms with Crippen molar-refractivity contribution < 1.29 is 14.3 Å². The molecule has 0 aliphatic carbocycles. The Balaban J connectivity index is 0.00000242. The lowest BCUT2D eigenvalue weighted by atomic mass is 10.0. The quantitative estimate of drug-likeness (QED) is 0.816. The zero-order chi connectivity index (χ0) is 15.2. The van der Waals surface area contributed by atoms with E-state index in [-0.39, 0.29) is 24.3 Å². The predicted octanol–water partition coefficient (Wildman–Crippen LogP) is 2.53. The van der Waals surface area contributed by atoms with Crippen LogP contribution in [0.3, 0.4) is 0 Å². The molecule has 1 amide bonds. The molecule has 2 N–H and O–H groups in total. The monoisotopic (exact) mass is 326 g/mol. The van der Waals surface area contributed by atoms with Crippen molar-refractivity contribution in [1.82, 2.24) is 5.32 Å². The third kappa shape index (κ3) is 5.00. The van der Waals surface area contributed by atoms with Gasteiger partial charge in [-0.05, 0) is 62.5 Å². The number of carbonyl (C=O) groups excluding carboxylic acids is 2. The topological polar surface area (TPSA) is 67.4 Å². The van der Waals surface area contributed by atoms with Gasteiger partial charge in [0.2, 0.25) is 5.91 Å². The van der Waals surface area contributed by atoms with Crippen LogP contribution in [0.2, 0.25) is 0 Å². The molecule has 0 bridgehead atoms. The van der Waals surface area contributed by atoms with Gasteiger partial charge in [0, 0.05) is 12.1 Å². The summed E-state index contributed by atoms with van der Waals surface area (Å²) in [5, 5.41) is 6.18. The Kier molecular flexibility index (Phi) is 7.35. The number of anilines is 1. The average Bonchev–Trinajstić information content (AvgIpc) is 2.98. The molecular weight excluding hydrogens is 304 g/mol. The summed E-state index contributed by atoms with van der Waals surface area (Å²) in [6, 6.07) is 5.20. The molecule has 1 aliphatic heterocycles. The molecule has 1 aliphatic rings. The number of aryl methyl sites for hydroxylation is 1. The zero-order valence-corrected chi connectivity index (χ0v) is 13.8. The van der Waals surface area contributed by atoms with E-state index in [4.69, 9.17) is 4.74 Å². The minimum Gasteiger partial charge on any atom is -0.465 e. The summed E-state index contributed by atoms with van der Waals surface area (Å²) >= 11 is 0. The second kappa shape index (κ2) is 8.76. The first-order valence-corrected chi connectivity index (χ1v) is 7.29. The number of esters is 1. The second-order valence-corrected chi connectivity index (χ2v) is 5.47. The Morgan fingerprint density at radius 1 is 1.41 bits per heavy atom. The molecule has 1 aromatic carbocycles. The lowest BCUT2D eigenvalue weighted by Crippen LogP contribution is -2.15. The van der Waals surface area contributed by atoms with Crippen molar-refractivity contribution in [2.24, 2.45) is 5.92 Å². The van der Waals surface area contributed by atoms with E-state index < -0.39 is 0 Å². The minimum absolute atomic E-state index is 0. The first-order chi connectivity index (χ1) is 10.1. The summed E-state index contributed by atoms with van der Waals surface area (Å²) in [6.07, 6.45) is 2.60. The minimum atomic E-state index is -0.362. The number of methoxy groups -OCH3 is 1. The number of rotatable bonds is 5. The molecule has 0 radical (unpaired) electrons. The van der Waals surface area contributed by atoms with Crippen molar-refractivity contribution in [3.05, 3.63) is 29.3 Å². The van der Waals surface area contributed by atoms with Crippen molar-refractivity contribution in [2.45, 2.75) is 26.2 Å². The average molecular weight is 327 g/mol. The van der Waals surface area contributed by atoms with E-state index in [1.54, 1.807) is 18.2 Å². The Morgan fingerprint density at radius 2 is 2.18 bits per heavy atom. The Bertz CT molecular complexity index is 528.